The summed E-state index contributed by atoms with van der Waals surface area (Å²) < 4.78 is 1.35. The number of carbonyl (C=O) groups excluding carboxylic acids is 1. The van der Waals surface area contributed by atoms with Crippen LogP contribution < -0.4 is 47.7 Å². The third-order valence-corrected chi connectivity index (χ3v) is 17.8. The van der Waals surface area contributed by atoms with E-state index in [0.717, 1.165) is 0 Å². The van der Waals surface area contributed by atoms with Crippen molar-refractivity contribution < 1.29 is 23.5 Å². The molecule has 0 bridgehead atoms. The summed E-state index contributed by atoms with van der Waals surface area (Å²) in [6.07, 6.45) is 0. The minimum atomic E-state index is -0.877. The van der Waals surface area contributed by atoms with Crippen LogP contribution in [0.1, 0.15) is 0 Å². The Hall–Kier alpha value is -5.49. The molecular formula is C55H48OP3Pd+3. The van der Waals surface area contributed by atoms with Crippen molar-refractivity contribution in [3.63, 3.8) is 0 Å². The number of benzene rings is 9. The summed E-state index contributed by atoms with van der Waals surface area (Å²) >= 11 is 2.14. The van der Waals surface area contributed by atoms with Crippen molar-refractivity contribution in [1.29, 1.82) is 0 Å². The van der Waals surface area contributed by atoms with Gasteiger partial charge in [-0.1, -0.05) is 164 Å². The summed E-state index contributed by atoms with van der Waals surface area (Å²) in [6, 6.07) is 97.5. The molecule has 0 saturated heterocycles. The van der Waals surface area contributed by atoms with Gasteiger partial charge in [-0.2, -0.15) is 0 Å². The van der Waals surface area contributed by atoms with E-state index in [1.807, 2.05) is 0 Å². The van der Waals surface area contributed by atoms with Gasteiger partial charge in [-0.3, -0.25) is 0 Å². The van der Waals surface area contributed by atoms with E-state index >= 15 is 0 Å². The van der Waals surface area contributed by atoms with Gasteiger partial charge in [0.15, 0.2) is 0 Å². The molecule has 0 aromatic heterocycles. The summed E-state index contributed by atoms with van der Waals surface area (Å²) in [7, 11) is -2.63. The van der Waals surface area contributed by atoms with Crippen LogP contribution in [0, 0.1) is 0 Å². The van der Waals surface area contributed by atoms with Crippen LogP contribution >= 0.6 is 23.8 Å². The summed E-state index contributed by atoms with van der Waals surface area (Å²) in [6.45, 7) is 0. The van der Waals surface area contributed by atoms with Crippen LogP contribution in [-0.4, -0.2) is 4.35 Å². The van der Waals surface area contributed by atoms with E-state index in [0.29, 0.717) is 0 Å². The second-order valence-electron chi connectivity index (χ2n) is 13.5. The van der Waals surface area contributed by atoms with Gasteiger partial charge in [0.25, 0.3) is 0 Å². The Balaban J connectivity index is 0.000000146. The SMILES string of the molecule is O=[C]=[Pd].c1ccc([PH+](c2ccccc2)c2ccccc2)cc1.c1ccc([PH+](c2ccccc2)c2ccccc2)cc1.c1ccc([PH+](c2ccccc2)c2ccccc2)cc1. The Bertz CT molecular complexity index is 1960. The zero-order valence-corrected chi connectivity index (χ0v) is 37.8. The van der Waals surface area contributed by atoms with Crippen molar-refractivity contribution in [2.75, 3.05) is 0 Å². The standard InChI is InChI=1S/3C18H15P.CO.Pd/c3*1-4-10-16(11-5-1)19(17-12-6-2-7-13-17)18-14-8-3-9-15-18;1-2;/h3*1-15H;;/p+3. The van der Waals surface area contributed by atoms with Gasteiger partial charge in [0, 0.05) is 0 Å². The summed E-state index contributed by atoms with van der Waals surface area (Å²) in [5.41, 5.74) is 0. The molecule has 0 radical (unpaired) electrons. The van der Waals surface area contributed by atoms with E-state index in [1.165, 1.54) is 52.1 Å². The van der Waals surface area contributed by atoms with Gasteiger partial charge in [0.2, 0.25) is 0 Å². The Morgan fingerprint density at radius 1 is 0.217 bits per heavy atom. The van der Waals surface area contributed by atoms with Gasteiger partial charge in [-0.25, -0.2) is 0 Å². The molecule has 0 spiro atoms. The van der Waals surface area contributed by atoms with Gasteiger partial charge in [-0.15, -0.1) is 0 Å². The van der Waals surface area contributed by atoms with Crippen LogP contribution in [0.2, 0.25) is 0 Å². The van der Waals surface area contributed by atoms with Gasteiger partial charge in [0.05, 0.1) is 23.8 Å². The third kappa shape index (κ3) is 13.3. The molecule has 0 aliphatic heterocycles. The second kappa shape index (κ2) is 25.2. The zero-order chi connectivity index (χ0) is 41.5. The normalized spacial score (nSPS) is 10.2. The average molecular weight is 924 g/mol. The predicted molar refractivity (Wildman–Crippen MR) is 265 cm³/mol. The summed E-state index contributed by atoms with van der Waals surface area (Å²) in [4.78, 5) is 8.61. The molecule has 0 unspecified atom stereocenters. The van der Waals surface area contributed by atoms with Gasteiger partial charge in [-0.05, 0) is 109 Å². The fourth-order valence-electron chi connectivity index (χ4n) is 6.94. The van der Waals surface area contributed by atoms with Gasteiger partial charge < -0.3 is 0 Å². The molecule has 9 aromatic carbocycles. The van der Waals surface area contributed by atoms with Crippen LogP contribution in [0.5, 0.6) is 0 Å². The molecule has 60 heavy (non-hydrogen) atoms. The van der Waals surface area contributed by atoms with Gasteiger partial charge in [0.1, 0.15) is 47.7 Å². The quantitative estimate of drug-likeness (QED) is 0.104. The van der Waals surface area contributed by atoms with Gasteiger partial charge >= 0.3 is 27.9 Å². The molecule has 0 aliphatic carbocycles. The van der Waals surface area contributed by atoms with Crippen LogP contribution in [0.4, 0.5) is 0 Å². The van der Waals surface area contributed by atoms with Crippen LogP contribution in [0.25, 0.3) is 0 Å². The van der Waals surface area contributed by atoms with Crippen molar-refractivity contribution >= 4 is 75.9 Å². The molecule has 1 nitrogen and oxygen atoms in total. The number of hydrogen-bond donors (Lipinski definition) is 0. The average Bonchev–Trinajstić information content (AvgIpc) is 3.33. The Morgan fingerprint density at radius 3 is 0.383 bits per heavy atom. The first kappa shape index (κ1) is 44.1. The van der Waals surface area contributed by atoms with Crippen molar-refractivity contribution in [2.24, 2.45) is 0 Å². The first-order valence-electron chi connectivity index (χ1n) is 19.8. The third-order valence-electron chi connectivity index (χ3n) is 9.56. The summed E-state index contributed by atoms with van der Waals surface area (Å²) in [5, 5.41) is 12.9. The second-order valence-corrected chi connectivity index (χ2v) is 21.2. The minimum Gasteiger partial charge on any atom is -0.0620 e. The van der Waals surface area contributed by atoms with Crippen molar-refractivity contribution in [3.05, 3.63) is 273 Å². The largest absolute Gasteiger partial charge is 0.102 e. The molecule has 0 saturated carbocycles. The Kier molecular flexibility index (Phi) is 18.5. The molecule has 0 fully saturated rings. The predicted octanol–water partition coefficient (Wildman–Crippen LogP) is 9.13. The smallest absolute Gasteiger partial charge is 0.0620 e. The van der Waals surface area contributed by atoms with E-state index in [4.69, 9.17) is 4.79 Å². The first-order valence-corrected chi connectivity index (χ1v) is 25.1. The molecule has 0 atom stereocenters. The summed E-state index contributed by atoms with van der Waals surface area (Å²) in [5.74, 6) is 0. The maximum Gasteiger partial charge on any atom is 0.102 e. The van der Waals surface area contributed by atoms with Crippen LogP contribution in [0.15, 0.2) is 273 Å². The maximum absolute atomic E-state index is 8.61. The number of hydrogen-bond acceptors (Lipinski definition) is 1. The monoisotopic (exact) mass is 923 g/mol. The molecule has 5 heteroatoms. The van der Waals surface area contributed by atoms with E-state index in [2.05, 4.69) is 292 Å². The van der Waals surface area contributed by atoms with Crippen LogP contribution in [-0.2, 0) is 23.5 Å². The molecule has 296 valence electrons. The van der Waals surface area contributed by atoms with E-state index in [9.17, 15) is 0 Å². The molecular weight excluding hydrogens is 876 g/mol. The van der Waals surface area contributed by atoms with Crippen LogP contribution in [0.3, 0.4) is 0 Å². The molecule has 0 aliphatic rings. The molecule has 9 rings (SSSR count). The maximum atomic E-state index is 8.61. The fraction of sp³-hybridized carbons (Fsp3) is 0. The Labute approximate surface area is 370 Å². The van der Waals surface area contributed by atoms with Crippen molar-refractivity contribution in [1.82, 2.24) is 0 Å². The van der Waals surface area contributed by atoms with E-state index < -0.39 is 23.8 Å². The topological polar surface area (TPSA) is 17.1 Å². The Morgan fingerprint density at radius 2 is 0.300 bits per heavy atom. The number of rotatable bonds is 9. The van der Waals surface area contributed by atoms with Crippen molar-refractivity contribution in [3.8, 4) is 0 Å². The zero-order valence-electron chi connectivity index (χ0n) is 33.2. The first-order chi connectivity index (χ1) is 29.8. The molecule has 0 amide bonds. The van der Waals surface area contributed by atoms with E-state index in [-0.39, 0.29) is 0 Å². The minimum absolute atomic E-state index is 0.877. The molecule has 0 heterocycles. The van der Waals surface area contributed by atoms with E-state index in [1.54, 1.807) is 0 Å². The fourth-order valence-corrected chi connectivity index (χ4v) is 14.7. The molecule has 0 N–H and O–H groups in total. The van der Waals surface area contributed by atoms with Crippen molar-refractivity contribution in [2.45, 2.75) is 0 Å². The molecule has 9 aromatic rings.